The minimum Gasteiger partial charge on any atom is -0.497 e. The molecule has 1 aromatic heterocycles. The van der Waals surface area contributed by atoms with E-state index in [1.165, 1.54) is 36.0 Å². The number of anilines is 1. The number of benzene rings is 2. The molecule has 0 aliphatic carbocycles. The Bertz CT molecular complexity index is 942. The van der Waals surface area contributed by atoms with Gasteiger partial charge in [-0.3, -0.25) is 4.79 Å². The van der Waals surface area contributed by atoms with Gasteiger partial charge in [-0.05, 0) is 62.4 Å². The first kappa shape index (κ1) is 19.9. The number of hydrogen-bond donors (Lipinski definition) is 1. The van der Waals surface area contributed by atoms with E-state index in [1.54, 1.807) is 14.0 Å². The van der Waals surface area contributed by atoms with Gasteiger partial charge in [0.15, 0.2) is 11.0 Å². The Hall–Kier alpha value is -2.87. The summed E-state index contributed by atoms with van der Waals surface area (Å²) in [4.78, 5) is 12.5. The van der Waals surface area contributed by atoms with E-state index in [9.17, 15) is 9.18 Å². The number of hydrogen-bond acceptors (Lipinski definition) is 5. The molecule has 0 saturated carbocycles. The van der Waals surface area contributed by atoms with Crippen molar-refractivity contribution in [2.45, 2.75) is 30.8 Å². The second kappa shape index (κ2) is 8.88. The van der Waals surface area contributed by atoms with Crippen LogP contribution in [-0.4, -0.2) is 33.0 Å². The molecule has 28 heavy (non-hydrogen) atoms. The standard InChI is InChI=1S/C20H21FN4O2S/c1-4-25-18(14-5-11-17(27-3)12-6-14)23-24-20(25)28-13(2)19(26)22-16-9-7-15(21)8-10-16/h5-13H,4H2,1-3H3,(H,22,26)/t13-/m0/s1. The first-order valence-corrected chi connectivity index (χ1v) is 9.70. The molecule has 6 nitrogen and oxygen atoms in total. The van der Waals surface area contributed by atoms with Crippen molar-refractivity contribution in [3.05, 3.63) is 54.3 Å². The summed E-state index contributed by atoms with van der Waals surface area (Å²) in [5.74, 6) is 0.974. The number of halogens is 1. The van der Waals surface area contributed by atoms with Gasteiger partial charge in [0.05, 0.1) is 12.4 Å². The first-order chi connectivity index (χ1) is 13.5. The van der Waals surface area contributed by atoms with Gasteiger partial charge >= 0.3 is 0 Å². The van der Waals surface area contributed by atoms with Crippen LogP contribution in [0.3, 0.4) is 0 Å². The van der Waals surface area contributed by atoms with Gasteiger partial charge < -0.3 is 14.6 Å². The van der Waals surface area contributed by atoms with Gasteiger partial charge in [-0.15, -0.1) is 10.2 Å². The van der Waals surface area contributed by atoms with Crippen molar-refractivity contribution in [2.75, 3.05) is 12.4 Å². The number of nitrogens with zero attached hydrogens (tertiary/aromatic N) is 3. The molecule has 3 rings (SSSR count). The van der Waals surface area contributed by atoms with E-state index in [-0.39, 0.29) is 11.7 Å². The molecule has 3 aromatic rings. The molecule has 1 heterocycles. The second-order valence-corrected chi connectivity index (χ2v) is 7.34. The fraction of sp³-hybridized carbons (Fsp3) is 0.250. The number of rotatable bonds is 7. The molecular formula is C20H21FN4O2S. The highest BCUT2D eigenvalue weighted by molar-refractivity contribution is 8.00. The van der Waals surface area contributed by atoms with Crippen LogP contribution in [0, 0.1) is 5.82 Å². The predicted molar refractivity (Wildman–Crippen MR) is 108 cm³/mol. The molecule has 0 aliphatic rings. The average Bonchev–Trinajstić information content (AvgIpc) is 3.12. The zero-order valence-electron chi connectivity index (χ0n) is 15.8. The second-order valence-electron chi connectivity index (χ2n) is 6.04. The molecule has 1 amide bonds. The number of aromatic nitrogens is 3. The van der Waals surface area contributed by atoms with Crippen molar-refractivity contribution >= 4 is 23.4 Å². The minimum atomic E-state index is -0.400. The number of nitrogens with one attached hydrogen (secondary N) is 1. The Morgan fingerprint density at radius 1 is 1.18 bits per heavy atom. The molecule has 8 heteroatoms. The lowest BCUT2D eigenvalue weighted by Gasteiger charge is -2.13. The molecule has 0 fully saturated rings. The first-order valence-electron chi connectivity index (χ1n) is 8.82. The van der Waals surface area contributed by atoms with Crippen LogP contribution in [0.15, 0.2) is 53.7 Å². The van der Waals surface area contributed by atoms with Crippen molar-refractivity contribution in [1.82, 2.24) is 14.8 Å². The third-order valence-electron chi connectivity index (χ3n) is 4.14. The summed E-state index contributed by atoms with van der Waals surface area (Å²) < 4.78 is 20.2. The third kappa shape index (κ3) is 4.51. The predicted octanol–water partition coefficient (Wildman–Crippen LogP) is 4.23. The summed E-state index contributed by atoms with van der Waals surface area (Å²) in [6.45, 7) is 4.47. The lowest BCUT2D eigenvalue weighted by molar-refractivity contribution is -0.115. The van der Waals surface area contributed by atoms with E-state index in [4.69, 9.17) is 4.74 Å². The SMILES string of the molecule is CCn1c(S[C@@H](C)C(=O)Nc2ccc(F)cc2)nnc1-c1ccc(OC)cc1. The molecule has 0 aliphatic heterocycles. The molecule has 0 unspecified atom stereocenters. The molecule has 1 N–H and O–H groups in total. The largest absolute Gasteiger partial charge is 0.497 e. The quantitative estimate of drug-likeness (QED) is 0.601. The summed E-state index contributed by atoms with van der Waals surface area (Å²) in [7, 11) is 1.62. The van der Waals surface area contributed by atoms with E-state index in [2.05, 4.69) is 15.5 Å². The number of thioether (sulfide) groups is 1. The maximum absolute atomic E-state index is 13.0. The Balaban J connectivity index is 1.73. The number of ether oxygens (including phenoxy) is 1. The minimum absolute atomic E-state index is 0.187. The normalized spacial score (nSPS) is 11.9. The Morgan fingerprint density at radius 2 is 1.86 bits per heavy atom. The third-order valence-corrected chi connectivity index (χ3v) is 5.22. The van der Waals surface area contributed by atoms with Crippen LogP contribution < -0.4 is 10.1 Å². The molecule has 0 saturated heterocycles. The lowest BCUT2D eigenvalue weighted by atomic mass is 10.2. The number of amides is 1. The summed E-state index contributed by atoms with van der Waals surface area (Å²) >= 11 is 1.33. The molecule has 0 bridgehead atoms. The lowest BCUT2D eigenvalue weighted by Crippen LogP contribution is -2.23. The van der Waals surface area contributed by atoms with Crippen LogP contribution in [-0.2, 0) is 11.3 Å². The highest BCUT2D eigenvalue weighted by Gasteiger charge is 2.20. The number of carbonyl (C=O) groups is 1. The average molecular weight is 400 g/mol. The monoisotopic (exact) mass is 400 g/mol. The van der Waals surface area contributed by atoms with Crippen molar-refractivity contribution < 1.29 is 13.9 Å². The van der Waals surface area contributed by atoms with Gasteiger partial charge in [0, 0.05) is 17.8 Å². The van der Waals surface area contributed by atoms with E-state index < -0.39 is 5.25 Å². The molecule has 2 aromatic carbocycles. The van der Waals surface area contributed by atoms with Crippen LogP contribution in [0.4, 0.5) is 10.1 Å². The van der Waals surface area contributed by atoms with Gasteiger partial charge in [-0.1, -0.05) is 11.8 Å². The summed E-state index contributed by atoms with van der Waals surface area (Å²) in [5, 5.41) is 11.6. The molecule has 0 spiro atoms. The van der Waals surface area contributed by atoms with Crippen molar-refractivity contribution in [1.29, 1.82) is 0 Å². The van der Waals surface area contributed by atoms with Gasteiger partial charge in [-0.25, -0.2) is 4.39 Å². The van der Waals surface area contributed by atoms with Crippen LogP contribution in [0.5, 0.6) is 5.75 Å². The Kier molecular flexibility index (Phi) is 6.30. The Labute approximate surface area is 167 Å². The van der Waals surface area contributed by atoms with E-state index in [0.29, 0.717) is 17.4 Å². The number of carbonyl (C=O) groups excluding carboxylic acids is 1. The van der Waals surface area contributed by atoms with Crippen molar-refractivity contribution in [3.8, 4) is 17.1 Å². The van der Waals surface area contributed by atoms with Crippen molar-refractivity contribution in [2.24, 2.45) is 0 Å². The van der Waals surface area contributed by atoms with Crippen LogP contribution in [0.1, 0.15) is 13.8 Å². The van der Waals surface area contributed by atoms with Crippen molar-refractivity contribution in [3.63, 3.8) is 0 Å². The maximum atomic E-state index is 13.0. The van der Waals surface area contributed by atoms with Gasteiger partial charge in [0.25, 0.3) is 0 Å². The van der Waals surface area contributed by atoms with E-state index in [1.807, 2.05) is 35.8 Å². The van der Waals surface area contributed by atoms with Gasteiger partial charge in [0.2, 0.25) is 5.91 Å². The maximum Gasteiger partial charge on any atom is 0.237 e. The fourth-order valence-corrected chi connectivity index (χ4v) is 3.52. The van der Waals surface area contributed by atoms with Gasteiger partial charge in [0.1, 0.15) is 11.6 Å². The zero-order valence-corrected chi connectivity index (χ0v) is 16.7. The van der Waals surface area contributed by atoms with Crippen LogP contribution >= 0.6 is 11.8 Å². The molecule has 0 radical (unpaired) electrons. The highest BCUT2D eigenvalue weighted by atomic mass is 32.2. The smallest absolute Gasteiger partial charge is 0.237 e. The molecule has 146 valence electrons. The number of methoxy groups -OCH3 is 1. The fourth-order valence-electron chi connectivity index (χ4n) is 2.60. The summed E-state index contributed by atoms with van der Waals surface area (Å²) in [5.41, 5.74) is 1.47. The van der Waals surface area contributed by atoms with Gasteiger partial charge in [-0.2, -0.15) is 0 Å². The molecule has 1 atom stereocenters. The van der Waals surface area contributed by atoms with E-state index >= 15 is 0 Å². The Morgan fingerprint density at radius 3 is 2.46 bits per heavy atom. The molecular weight excluding hydrogens is 379 g/mol. The summed E-state index contributed by atoms with van der Waals surface area (Å²) in [6.07, 6.45) is 0. The van der Waals surface area contributed by atoms with Crippen LogP contribution in [0.2, 0.25) is 0 Å². The van der Waals surface area contributed by atoms with E-state index in [0.717, 1.165) is 17.1 Å². The summed E-state index contributed by atoms with van der Waals surface area (Å²) in [6, 6.07) is 13.3. The zero-order chi connectivity index (χ0) is 20.1. The highest BCUT2D eigenvalue weighted by Crippen LogP contribution is 2.28. The topological polar surface area (TPSA) is 69.0 Å². The van der Waals surface area contributed by atoms with Crippen LogP contribution in [0.25, 0.3) is 11.4 Å².